The van der Waals surface area contributed by atoms with Crippen LogP contribution in [0.15, 0.2) is 77.6 Å². The number of anilines is 2. The molecule has 4 aromatic rings. The highest BCUT2D eigenvalue weighted by atomic mass is 16.5. The lowest BCUT2D eigenvalue weighted by atomic mass is 9.99. The van der Waals surface area contributed by atoms with Crippen LogP contribution in [0.1, 0.15) is 24.0 Å². The molecule has 1 saturated heterocycles. The fraction of sp³-hybridized carbons (Fsp3) is 0.242. The van der Waals surface area contributed by atoms with Crippen LogP contribution >= 0.6 is 0 Å². The maximum Gasteiger partial charge on any atom is 0.263 e. The van der Waals surface area contributed by atoms with Crippen LogP contribution in [0.5, 0.6) is 5.75 Å². The average Bonchev–Trinajstić information content (AvgIpc) is 3.06. The van der Waals surface area contributed by atoms with E-state index in [4.69, 9.17) is 20.7 Å². The number of ether oxygens (including phenoxy) is 1. The van der Waals surface area contributed by atoms with Gasteiger partial charge in [0.25, 0.3) is 11.5 Å². The number of nitrogens with zero attached hydrogens (tertiary/aromatic N) is 4. The van der Waals surface area contributed by atoms with Crippen molar-refractivity contribution >= 4 is 23.5 Å². The van der Waals surface area contributed by atoms with Gasteiger partial charge in [-0.3, -0.25) is 24.2 Å². The molecule has 2 amide bonds. The summed E-state index contributed by atoms with van der Waals surface area (Å²) in [5, 5.41) is 20.7. The molecule has 0 radical (unpaired) electrons. The lowest BCUT2D eigenvalue weighted by Gasteiger charge is -2.32. The van der Waals surface area contributed by atoms with E-state index >= 15 is 0 Å². The zero-order valence-electron chi connectivity index (χ0n) is 24.7. The molecule has 0 bridgehead atoms. The maximum atomic E-state index is 13.9. The molecule has 5 rings (SSSR count). The van der Waals surface area contributed by atoms with Crippen LogP contribution in [-0.4, -0.2) is 52.3 Å². The van der Waals surface area contributed by atoms with E-state index in [0.717, 1.165) is 12.8 Å². The highest BCUT2D eigenvalue weighted by Gasteiger charge is 2.24. The fourth-order valence-corrected chi connectivity index (χ4v) is 5.14. The van der Waals surface area contributed by atoms with Crippen molar-refractivity contribution in [1.82, 2.24) is 15.0 Å². The van der Waals surface area contributed by atoms with E-state index in [1.807, 2.05) is 0 Å². The van der Waals surface area contributed by atoms with Gasteiger partial charge in [-0.2, -0.15) is 5.26 Å². The quantitative estimate of drug-likeness (QED) is 0.165. The summed E-state index contributed by atoms with van der Waals surface area (Å²) in [5.41, 5.74) is 11.4. The third-order valence-corrected chi connectivity index (χ3v) is 7.62. The first kappa shape index (κ1) is 30.9. The molecule has 0 atom stereocenters. The molecule has 12 nitrogen and oxygen atoms in total. The predicted octanol–water partition coefficient (Wildman–Crippen LogP) is 2.98. The first-order valence-corrected chi connectivity index (χ1v) is 14.4. The number of hydroxylamine groups is 1. The number of piperidine rings is 1. The summed E-state index contributed by atoms with van der Waals surface area (Å²) in [5.74, 6) is 0.0836. The number of hydrogen-bond donors (Lipinski definition) is 4. The summed E-state index contributed by atoms with van der Waals surface area (Å²) < 4.78 is 7.24. The number of amides is 2. The van der Waals surface area contributed by atoms with E-state index in [-0.39, 0.29) is 30.5 Å². The van der Waals surface area contributed by atoms with Crippen molar-refractivity contribution < 1.29 is 19.5 Å². The Balaban J connectivity index is 1.34. The van der Waals surface area contributed by atoms with Gasteiger partial charge in [-0.05, 0) is 60.4 Å². The number of nitrogens with one attached hydrogen (secondary N) is 2. The van der Waals surface area contributed by atoms with Gasteiger partial charge in [0.2, 0.25) is 11.9 Å². The van der Waals surface area contributed by atoms with Crippen LogP contribution in [0, 0.1) is 11.3 Å². The Bertz CT molecular complexity index is 1770. The Morgan fingerprint density at radius 1 is 1.00 bits per heavy atom. The van der Waals surface area contributed by atoms with E-state index in [0.29, 0.717) is 64.0 Å². The normalized spacial score (nSPS) is 13.2. The van der Waals surface area contributed by atoms with Gasteiger partial charge in [-0.15, -0.1) is 0 Å². The molecule has 1 aliphatic rings. The van der Waals surface area contributed by atoms with Crippen molar-refractivity contribution in [2.24, 2.45) is 12.8 Å². The van der Waals surface area contributed by atoms with Gasteiger partial charge in [-0.1, -0.05) is 36.4 Å². The summed E-state index contributed by atoms with van der Waals surface area (Å²) in [6.07, 6.45) is 1.63. The largest absolute Gasteiger partial charge is 0.484 e. The second-order valence-corrected chi connectivity index (χ2v) is 10.8. The number of hydrogen-bond acceptors (Lipinski definition) is 9. The number of aromatic nitrogens is 2. The van der Waals surface area contributed by atoms with Crippen molar-refractivity contribution in [3.05, 3.63) is 94.3 Å². The smallest absolute Gasteiger partial charge is 0.263 e. The molecule has 230 valence electrons. The molecule has 1 fully saturated rings. The van der Waals surface area contributed by atoms with Gasteiger partial charge in [0, 0.05) is 37.4 Å². The Morgan fingerprint density at radius 2 is 1.64 bits per heavy atom. The summed E-state index contributed by atoms with van der Waals surface area (Å²) in [4.78, 5) is 44.7. The van der Waals surface area contributed by atoms with Crippen LogP contribution in [-0.2, 0) is 23.1 Å². The highest BCUT2D eigenvalue weighted by molar-refractivity contribution is 5.92. The van der Waals surface area contributed by atoms with Crippen LogP contribution in [0.25, 0.3) is 22.4 Å². The first-order chi connectivity index (χ1) is 21.7. The van der Waals surface area contributed by atoms with Crippen molar-refractivity contribution in [3.8, 4) is 34.2 Å². The zero-order chi connectivity index (χ0) is 31.9. The number of carbonyl (C=O) groups excluding carboxylic acids is 2. The Morgan fingerprint density at radius 3 is 2.27 bits per heavy atom. The molecule has 45 heavy (non-hydrogen) atoms. The van der Waals surface area contributed by atoms with Crippen molar-refractivity contribution in [2.75, 3.05) is 29.9 Å². The summed E-state index contributed by atoms with van der Waals surface area (Å²) >= 11 is 0. The lowest BCUT2D eigenvalue weighted by molar-refractivity contribution is -0.128. The second-order valence-electron chi connectivity index (χ2n) is 10.8. The minimum Gasteiger partial charge on any atom is -0.484 e. The minimum absolute atomic E-state index is 0.0126. The number of nitriles is 1. The molecule has 12 heteroatoms. The highest BCUT2D eigenvalue weighted by Crippen LogP contribution is 2.31. The second kappa shape index (κ2) is 13.9. The predicted molar refractivity (Wildman–Crippen MR) is 169 cm³/mol. The lowest BCUT2D eigenvalue weighted by Crippen LogP contribution is -2.42. The number of carbonyl (C=O) groups is 2. The molecule has 0 saturated carbocycles. The fourth-order valence-electron chi connectivity index (χ4n) is 5.14. The first-order valence-electron chi connectivity index (χ1n) is 14.4. The van der Waals surface area contributed by atoms with Gasteiger partial charge in [0.05, 0.1) is 29.3 Å². The zero-order valence-corrected chi connectivity index (χ0v) is 24.7. The van der Waals surface area contributed by atoms with Gasteiger partial charge >= 0.3 is 0 Å². The van der Waals surface area contributed by atoms with E-state index < -0.39 is 5.91 Å². The van der Waals surface area contributed by atoms with Crippen molar-refractivity contribution in [1.29, 1.82) is 5.26 Å². The molecule has 1 aromatic heterocycles. The Hall–Kier alpha value is -5.51. The third-order valence-electron chi connectivity index (χ3n) is 7.62. The molecular weight excluding hydrogens is 574 g/mol. The molecule has 0 unspecified atom stereocenters. The van der Waals surface area contributed by atoms with Gasteiger partial charge in [0.1, 0.15) is 5.75 Å². The molecule has 2 heterocycles. The van der Waals surface area contributed by atoms with E-state index in [9.17, 15) is 19.6 Å². The van der Waals surface area contributed by atoms with Gasteiger partial charge in [0.15, 0.2) is 6.61 Å². The van der Waals surface area contributed by atoms with Crippen LogP contribution in [0.4, 0.5) is 11.6 Å². The average molecular weight is 608 g/mol. The Labute approximate surface area is 259 Å². The standard InChI is InChI=1S/C33H33N7O5/c1-39-32(43)30(31(24-6-2-22(19-34)3-7-24)37-33(39)40-16-14-25(35)15-17-40)23-8-12-27(13-9-23)45-20-29(42)36-26-10-4-21(5-11-26)18-28(41)38-44/h2-13,25,44H,14-18,20,35H2,1H3,(H,36,42)(H,38,41). The maximum absolute atomic E-state index is 13.9. The number of rotatable bonds is 9. The summed E-state index contributed by atoms with van der Waals surface area (Å²) in [6.45, 7) is 1.14. The van der Waals surface area contributed by atoms with Crippen LogP contribution < -0.4 is 31.7 Å². The number of benzene rings is 3. The SMILES string of the molecule is Cn1c(N2CCC(N)CC2)nc(-c2ccc(C#N)cc2)c(-c2ccc(OCC(=O)Nc3ccc(CC(=O)NO)cc3)cc2)c1=O. The molecule has 5 N–H and O–H groups in total. The molecule has 0 spiro atoms. The topological polar surface area (TPSA) is 176 Å². The summed E-state index contributed by atoms with van der Waals surface area (Å²) in [6, 6.07) is 22.7. The molecule has 0 aliphatic carbocycles. The Kier molecular flexibility index (Phi) is 9.52. The molecule has 3 aromatic carbocycles. The minimum atomic E-state index is -0.534. The molecular formula is C33H33N7O5. The van der Waals surface area contributed by atoms with Gasteiger partial charge < -0.3 is 20.7 Å². The van der Waals surface area contributed by atoms with E-state index in [1.54, 1.807) is 89.9 Å². The summed E-state index contributed by atoms with van der Waals surface area (Å²) in [7, 11) is 1.71. The molecule has 1 aliphatic heterocycles. The van der Waals surface area contributed by atoms with E-state index in [1.165, 1.54) is 0 Å². The number of nitrogens with two attached hydrogens (primary N) is 1. The van der Waals surface area contributed by atoms with Gasteiger partial charge in [-0.25, -0.2) is 10.5 Å². The van der Waals surface area contributed by atoms with Crippen LogP contribution in [0.2, 0.25) is 0 Å². The third kappa shape index (κ3) is 7.35. The van der Waals surface area contributed by atoms with Crippen molar-refractivity contribution in [2.45, 2.75) is 25.3 Å². The van der Waals surface area contributed by atoms with E-state index in [2.05, 4.69) is 16.3 Å². The van der Waals surface area contributed by atoms with Crippen molar-refractivity contribution in [3.63, 3.8) is 0 Å². The monoisotopic (exact) mass is 607 g/mol. The van der Waals surface area contributed by atoms with Crippen LogP contribution in [0.3, 0.4) is 0 Å².